The first-order valence-corrected chi connectivity index (χ1v) is 7.75. The lowest BCUT2D eigenvalue weighted by atomic mass is 9.81. The second kappa shape index (κ2) is 6.57. The molecular formula is C18H15F2N3O2. The summed E-state index contributed by atoms with van der Waals surface area (Å²) in [6, 6.07) is 8.59. The minimum atomic E-state index is -2.33. The van der Waals surface area contributed by atoms with Gasteiger partial charge in [0.05, 0.1) is 23.4 Å². The number of amides is 1. The molecule has 0 saturated carbocycles. The van der Waals surface area contributed by atoms with Gasteiger partial charge in [0.2, 0.25) is 5.67 Å². The van der Waals surface area contributed by atoms with Crippen molar-refractivity contribution >= 4 is 5.91 Å². The van der Waals surface area contributed by atoms with E-state index in [0.717, 1.165) is 6.07 Å². The molecule has 5 nitrogen and oxygen atoms in total. The predicted molar refractivity (Wildman–Crippen MR) is 84.2 cm³/mol. The summed E-state index contributed by atoms with van der Waals surface area (Å²) in [6.07, 6.45) is 0.398. The molecule has 25 heavy (non-hydrogen) atoms. The highest BCUT2D eigenvalue weighted by Crippen LogP contribution is 2.42. The number of rotatable bonds is 3. The van der Waals surface area contributed by atoms with Crippen LogP contribution in [0.2, 0.25) is 0 Å². The second-order valence-corrected chi connectivity index (χ2v) is 5.89. The molecule has 1 aliphatic rings. The Morgan fingerprint density at radius 2 is 2.28 bits per heavy atom. The number of nitriles is 1. The maximum atomic E-state index is 15.4. The number of aliphatic hydroxyl groups is 1. The summed E-state index contributed by atoms with van der Waals surface area (Å²) in [5.74, 6) is -1.55. The number of aliphatic hydroxyl groups excluding tert-OH is 1. The van der Waals surface area contributed by atoms with E-state index >= 15 is 4.39 Å². The van der Waals surface area contributed by atoms with E-state index in [0.29, 0.717) is 0 Å². The molecule has 0 spiro atoms. The molecule has 0 bridgehead atoms. The topological polar surface area (TPSA) is 86.0 Å². The normalized spacial score (nSPS) is 21.9. The van der Waals surface area contributed by atoms with E-state index in [9.17, 15) is 14.3 Å². The van der Waals surface area contributed by atoms with Gasteiger partial charge in [0.15, 0.2) is 0 Å². The highest BCUT2D eigenvalue weighted by molar-refractivity contribution is 5.87. The van der Waals surface area contributed by atoms with Gasteiger partial charge in [0.25, 0.3) is 5.91 Å². The van der Waals surface area contributed by atoms with E-state index in [2.05, 4.69) is 10.3 Å². The van der Waals surface area contributed by atoms with E-state index in [1.165, 1.54) is 30.5 Å². The lowest BCUT2D eigenvalue weighted by molar-refractivity contribution is -0.135. The van der Waals surface area contributed by atoms with Crippen molar-refractivity contribution in [2.75, 3.05) is 0 Å². The molecule has 1 amide bonds. The van der Waals surface area contributed by atoms with Gasteiger partial charge in [-0.1, -0.05) is 12.1 Å². The van der Waals surface area contributed by atoms with Crippen LogP contribution < -0.4 is 5.32 Å². The van der Waals surface area contributed by atoms with Crippen molar-refractivity contribution in [3.05, 3.63) is 64.7 Å². The van der Waals surface area contributed by atoms with Gasteiger partial charge >= 0.3 is 0 Å². The van der Waals surface area contributed by atoms with Crippen LogP contribution in [0.4, 0.5) is 8.78 Å². The molecule has 3 rings (SSSR count). The average Bonchev–Trinajstić information content (AvgIpc) is 2.63. The molecule has 128 valence electrons. The maximum Gasteiger partial charge on any atom is 0.262 e. The predicted octanol–water partition coefficient (Wildman–Crippen LogP) is 2.40. The molecule has 7 heteroatoms. The van der Waals surface area contributed by atoms with E-state index in [1.807, 2.05) is 6.07 Å². The van der Waals surface area contributed by atoms with Gasteiger partial charge in [-0.2, -0.15) is 5.26 Å². The monoisotopic (exact) mass is 343 g/mol. The molecule has 2 N–H and O–H groups in total. The summed E-state index contributed by atoms with van der Waals surface area (Å²) in [7, 11) is 0. The number of pyridine rings is 1. The number of nitrogens with one attached hydrogen (secondary N) is 1. The molecule has 0 aliphatic heterocycles. The average molecular weight is 343 g/mol. The van der Waals surface area contributed by atoms with E-state index in [4.69, 9.17) is 5.26 Å². The lowest BCUT2D eigenvalue weighted by Crippen LogP contribution is -2.44. The molecule has 1 aromatic carbocycles. The third-order valence-electron chi connectivity index (χ3n) is 4.32. The molecule has 0 saturated heterocycles. The van der Waals surface area contributed by atoms with Gasteiger partial charge in [0, 0.05) is 23.9 Å². The van der Waals surface area contributed by atoms with Crippen molar-refractivity contribution in [3.8, 4) is 6.07 Å². The summed E-state index contributed by atoms with van der Waals surface area (Å²) >= 11 is 0. The summed E-state index contributed by atoms with van der Waals surface area (Å²) < 4.78 is 29.2. The number of alkyl halides is 1. The summed E-state index contributed by atoms with van der Waals surface area (Å²) in [5, 5.41) is 21.1. The van der Waals surface area contributed by atoms with E-state index < -0.39 is 23.5 Å². The van der Waals surface area contributed by atoms with Crippen molar-refractivity contribution in [1.82, 2.24) is 10.3 Å². The Kier molecular flexibility index (Phi) is 4.47. The van der Waals surface area contributed by atoms with Crippen LogP contribution in [0.1, 0.15) is 41.3 Å². The molecule has 2 aromatic rings. The number of fused-ring (bicyclic) bond motifs is 1. The van der Waals surface area contributed by atoms with Crippen LogP contribution in [0.15, 0.2) is 36.5 Å². The Bertz CT molecular complexity index is 866. The number of benzene rings is 1. The van der Waals surface area contributed by atoms with Gasteiger partial charge in [-0.15, -0.1) is 0 Å². The smallest absolute Gasteiger partial charge is 0.262 e. The van der Waals surface area contributed by atoms with Crippen molar-refractivity contribution in [3.63, 3.8) is 0 Å². The summed E-state index contributed by atoms with van der Waals surface area (Å²) in [4.78, 5) is 16.4. The number of nitrogens with zero attached hydrogens (tertiary/aromatic N) is 2. The van der Waals surface area contributed by atoms with Gasteiger partial charge in [0.1, 0.15) is 5.82 Å². The van der Waals surface area contributed by atoms with Crippen LogP contribution in [-0.2, 0) is 17.0 Å². The third-order valence-corrected chi connectivity index (χ3v) is 4.32. The SMILES string of the molecule is N#Cc1ccc(CNC(=O)[C@]2(F)CC[C@H](O)c3ncccc32)c(F)c1. The molecule has 0 radical (unpaired) electrons. The van der Waals surface area contributed by atoms with Crippen molar-refractivity contribution in [2.45, 2.75) is 31.2 Å². The van der Waals surface area contributed by atoms with Crippen molar-refractivity contribution in [1.29, 1.82) is 5.26 Å². The standard InChI is InChI=1S/C18H15F2N3O2/c19-14-8-11(9-21)3-4-12(14)10-23-17(25)18(20)6-5-15(24)16-13(18)2-1-7-22-16/h1-4,7-8,15,24H,5-6,10H2,(H,23,25)/t15-,18-/m0/s1. The Balaban J connectivity index is 1.80. The fourth-order valence-corrected chi connectivity index (χ4v) is 2.94. The fraction of sp³-hybridized carbons (Fsp3) is 0.278. The molecular weight excluding hydrogens is 328 g/mol. The Morgan fingerprint density at radius 3 is 3.00 bits per heavy atom. The zero-order valence-electron chi connectivity index (χ0n) is 13.2. The highest BCUT2D eigenvalue weighted by Gasteiger charge is 2.46. The number of hydrogen-bond acceptors (Lipinski definition) is 4. The second-order valence-electron chi connectivity index (χ2n) is 5.89. The summed E-state index contributed by atoms with van der Waals surface area (Å²) in [5.41, 5.74) is -1.83. The number of carbonyl (C=O) groups excluding carboxylic acids is 1. The minimum Gasteiger partial charge on any atom is -0.387 e. The number of aromatic nitrogens is 1. The van der Waals surface area contributed by atoms with Gasteiger partial charge in [-0.3, -0.25) is 9.78 Å². The largest absolute Gasteiger partial charge is 0.387 e. The van der Waals surface area contributed by atoms with Crippen LogP contribution in [-0.4, -0.2) is 16.0 Å². The number of hydrogen-bond donors (Lipinski definition) is 2. The first kappa shape index (κ1) is 17.0. The lowest BCUT2D eigenvalue weighted by Gasteiger charge is -2.32. The summed E-state index contributed by atoms with van der Waals surface area (Å²) in [6.45, 7) is -0.208. The molecule has 2 atom stereocenters. The molecule has 1 aliphatic carbocycles. The van der Waals surface area contributed by atoms with Gasteiger partial charge in [-0.05, 0) is 31.0 Å². The number of carbonyl (C=O) groups is 1. The Morgan fingerprint density at radius 1 is 1.48 bits per heavy atom. The first-order chi connectivity index (χ1) is 12.0. The quantitative estimate of drug-likeness (QED) is 0.896. The highest BCUT2D eigenvalue weighted by atomic mass is 19.1. The molecule has 0 unspecified atom stereocenters. The maximum absolute atomic E-state index is 15.4. The van der Waals surface area contributed by atoms with Crippen LogP contribution >= 0.6 is 0 Å². The molecule has 1 aromatic heterocycles. The van der Waals surface area contributed by atoms with Crippen LogP contribution in [0.25, 0.3) is 0 Å². The van der Waals surface area contributed by atoms with Gasteiger partial charge in [-0.25, -0.2) is 8.78 Å². The van der Waals surface area contributed by atoms with Crippen LogP contribution in [0.3, 0.4) is 0 Å². The number of halogens is 2. The van der Waals surface area contributed by atoms with Crippen molar-refractivity contribution < 1.29 is 18.7 Å². The fourth-order valence-electron chi connectivity index (χ4n) is 2.94. The zero-order chi connectivity index (χ0) is 18.0. The Hall–Kier alpha value is -2.85. The molecule has 1 heterocycles. The zero-order valence-corrected chi connectivity index (χ0v) is 13.2. The van der Waals surface area contributed by atoms with Gasteiger partial charge < -0.3 is 10.4 Å². The third kappa shape index (κ3) is 3.08. The van der Waals surface area contributed by atoms with E-state index in [1.54, 1.807) is 0 Å². The minimum absolute atomic E-state index is 0.0338. The first-order valence-electron chi connectivity index (χ1n) is 7.75. The van der Waals surface area contributed by atoms with Crippen LogP contribution in [0, 0.1) is 17.1 Å². The van der Waals surface area contributed by atoms with Crippen LogP contribution in [0.5, 0.6) is 0 Å². The Labute approximate surface area is 142 Å². The van der Waals surface area contributed by atoms with Crippen molar-refractivity contribution in [2.24, 2.45) is 0 Å². The van der Waals surface area contributed by atoms with E-state index in [-0.39, 0.29) is 41.8 Å². The molecule has 0 fully saturated rings.